The molecule has 0 radical (unpaired) electrons. The van der Waals surface area contributed by atoms with Gasteiger partial charge in [-0.2, -0.15) is 0 Å². The zero-order valence-corrected chi connectivity index (χ0v) is 11.9. The number of Topliss-reactive ketones (excluding diaryl/α,β-unsaturated/α-hetero) is 1. The monoisotopic (exact) mass is 245 g/mol. The van der Waals surface area contributed by atoms with Gasteiger partial charge in [0.1, 0.15) is 0 Å². The summed E-state index contributed by atoms with van der Waals surface area (Å²) < 4.78 is 0. The Morgan fingerprint density at radius 3 is 2.67 bits per heavy atom. The molecular weight excluding hydrogens is 222 g/mol. The highest BCUT2D eigenvalue weighted by Crippen LogP contribution is 2.27. The van der Waals surface area contributed by atoms with Gasteiger partial charge in [-0.05, 0) is 37.9 Å². The standard InChI is InChI=1S/C16H23NO/c1-12-5-6-13(2)14(9-12)10-17-8-7-16(3,4)15(18)11-17/h5-6,9H,7-8,10-11H2,1-4H3. The number of carbonyl (C=O) groups is 1. The van der Waals surface area contributed by atoms with Crippen molar-refractivity contribution in [2.24, 2.45) is 5.41 Å². The Labute approximate surface area is 110 Å². The topological polar surface area (TPSA) is 20.3 Å². The summed E-state index contributed by atoms with van der Waals surface area (Å²) in [7, 11) is 0. The Morgan fingerprint density at radius 2 is 2.00 bits per heavy atom. The van der Waals surface area contributed by atoms with E-state index >= 15 is 0 Å². The van der Waals surface area contributed by atoms with Crippen LogP contribution in [0, 0.1) is 19.3 Å². The van der Waals surface area contributed by atoms with Gasteiger partial charge < -0.3 is 0 Å². The molecule has 2 nitrogen and oxygen atoms in total. The van der Waals surface area contributed by atoms with E-state index in [1.165, 1.54) is 16.7 Å². The number of nitrogens with zero attached hydrogens (tertiary/aromatic N) is 1. The number of likely N-dealkylation sites (tertiary alicyclic amines) is 1. The molecule has 1 heterocycles. The molecule has 18 heavy (non-hydrogen) atoms. The first-order valence-electron chi connectivity index (χ1n) is 6.70. The molecule has 0 aliphatic carbocycles. The SMILES string of the molecule is Cc1ccc(C)c(CN2CCC(C)(C)C(=O)C2)c1. The van der Waals surface area contributed by atoms with Crippen molar-refractivity contribution < 1.29 is 4.79 Å². The predicted molar refractivity (Wildman–Crippen MR) is 74.6 cm³/mol. The molecule has 1 aromatic rings. The van der Waals surface area contributed by atoms with Crippen molar-refractivity contribution in [3.63, 3.8) is 0 Å². The average Bonchev–Trinajstić information content (AvgIpc) is 2.29. The smallest absolute Gasteiger partial charge is 0.152 e. The lowest BCUT2D eigenvalue weighted by molar-refractivity contribution is -0.132. The van der Waals surface area contributed by atoms with E-state index in [1.807, 2.05) is 0 Å². The molecule has 0 atom stereocenters. The first-order valence-corrected chi connectivity index (χ1v) is 6.70. The largest absolute Gasteiger partial charge is 0.298 e. The summed E-state index contributed by atoms with van der Waals surface area (Å²) in [5.41, 5.74) is 3.83. The van der Waals surface area contributed by atoms with Crippen LogP contribution in [0.5, 0.6) is 0 Å². The first-order chi connectivity index (χ1) is 8.38. The van der Waals surface area contributed by atoms with Crippen molar-refractivity contribution in [3.8, 4) is 0 Å². The number of hydrogen-bond acceptors (Lipinski definition) is 2. The molecule has 1 saturated heterocycles. The van der Waals surface area contributed by atoms with E-state index in [2.05, 4.69) is 50.8 Å². The fraction of sp³-hybridized carbons (Fsp3) is 0.562. The summed E-state index contributed by atoms with van der Waals surface area (Å²) in [5.74, 6) is 0.374. The molecule has 98 valence electrons. The van der Waals surface area contributed by atoms with Crippen LogP contribution in [0.25, 0.3) is 0 Å². The van der Waals surface area contributed by atoms with Gasteiger partial charge in [-0.25, -0.2) is 0 Å². The number of carbonyl (C=O) groups excluding carboxylic acids is 1. The molecule has 1 fully saturated rings. The van der Waals surface area contributed by atoms with Crippen LogP contribution in [0.1, 0.15) is 37.0 Å². The molecule has 0 unspecified atom stereocenters. The zero-order valence-electron chi connectivity index (χ0n) is 11.9. The van der Waals surface area contributed by atoms with E-state index in [-0.39, 0.29) is 5.41 Å². The number of rotatable bonds is 2. The van der Waals surface area contributed by atoms with Crippen LogP contribution in [-0.4, -0.2) is 23.8 Å². The van der Waals surface area contributed by atoms with Crippen LogP contribution in [0.15, 0.2) is 18.2 Å². The second kappa shape index (κ2) is 4.85. The van der Waals surface area contributed by atoms with E-state index in [9.17, 15) is 4.79 Å². The van der Waals surface area contributed by atoms with Crippen molar-refractivity contribution in [3.05, 3.63) is 34.9 Å². The van der Waals surface area contributed by atoms with Gasteiger partial charge in [0, 0.05) is 12.0 Å². The third-order valence-electron chi connectivity index (χ3n) is 4.07. The Morgan fingerprint density at radius 1 is 1.28 bits per heavy atom. The summed E-state index contributed by atoms with van der Waals surface area (Å²) in [6.07, 6.45) is 0.969. The third-order valence-corrected chi connectivity index (χ3v) is 4.07. The van der Waals surface area contributed by atoms with E-state index in [4.69, 9.17) is 0 Å². The van der Waals surface area contributed by atoms with Gasteiger partial charge in [0.25, 0.3) is 0 Å². The third kappa shape index (κ3) is 2.81. The van der Waals surface area contributed by atoms with Crippen LogP contribution in [0.3, 0.4) is 0 Å². The molecular formula is C16H23NO. The Balaban J connectivity index is 2.07. The van der Waals surface area contributed by atoms with Crippen molar-refractivity contribution in [1.82, 2.24) is 4.90 Å². The normalized spacial score (nSPS) is 20.1. The van der Waals surface area contributed by atoms with E-state index in [1.54, 1.807) is 0 Å². The van der Waals surface area contributed by atoms with Crippen molar-refractivity contribution in [2.45, 2.75) is 40.7 Å². The first kappa shape index (κ1) is 13.3. The lowest BCUT2D eigenvalue weighted by Gasteiger charge is -2.35. The number of piperidine rings is 1. The van der Waals surface area contributed by atoms with Crippen LogP contribution in [0.4, 0.5) is 0 Å². The minimum atomic E-state index is -0.127. The number of hydrogen-bond donors (Lipinski definition) is 0. The highest BCUT2D eigenvalue weighted by molar-refractivity contribution is 5.86. The molecule has 2 heteroatoms. The van der Waals surface area contributed by atoms with Gasteiger partial charge in [-0.15, -0.1) is 0 Å². The molecule has 0 saturated carbocycles. The molecule has 0 bridgehead atoms. The van der Waals surface area contributed by atoms with Crippen LogP contribution < -0.4 is 0 Å². The van der Waals surface area contributed by atoms with E-state index < -0.39 is 0 Å². The molecule has 0 spiro atoms. The summed E-state index contributed by atoms with van der Waals surface area (Å²) in [6.45, 7) is 10.9. The van der Waals surface area contributed by atoms with E-state index in [0.29, 0.717) is 12.3 Å². The maximum Gasteiger partial charge on any atom is 0.152 e. The molecule has 1 aliphatic heterocycles. The minimum Gasteiger partial charge on any atom is -0.298 e. The molecule has 0 aromatic heterocycles. The molecule has 1 aliphatic rings. The lowest BCUT2D eigenvalue weighted by atomic mass is 9.81. The second-order valence-electron chi connectivity index (χ2n) is 6.20. The van der Waals surface area contributed by atoms with Gasteiger partial charge in [0.2, 0.25) is 0 Å². The fourth-order valence-electron chi connectivity index (χ4n) is 2.42. The summed E-state index contributed by atoms with van der Waals surface area (Å²) in [6, 6.07) is 6.54. The molecule has 0 amide bonds. The van der Waals surface area contributed by atoms with Crippen LogP contribution >= 0.6 is 0 Å². The second-order valence-corrected chi connectivity index (χ2v) is 6.20. The summed E-state index contributed by atoms with van der Waals surface area (Å²) >= 11 is 0. The van der Waals surface area contributed by atoms with Crippen LogP contribution in [-0.2, 0) is 11.3 Å². The Kier molecular flexibility index (Phi) is 3.58. The number of aryl methyl sites for hydroxylation is 2. The van der Waals surface area contributed by atoms with Crippen molar-refractivity contribution in [2.75, 3.05) is 13.1 Å². The van der Waals surface area contributed by atoms with E-state index in [0.717, 1.165) is 19.5 Å². The molecule has 0 N–H and O–H groups in total. The number of ketones is 1. The summed E-state index contributed by atoms with van der Waals surface area (Å²) in [4.78, 5) is 14.3. The summed E-state index contributed by atoms with van der Waals surface area (Å²) in [5, 5.41) is 0. The lowest BCUT2D eigenvalue weighted by Crippen LogP contribution is -2.44. The molecule has 2 rings (SSSR count). The minimum absolute atomic E-state index is 0.127. The maximum atomic E-state index is 12.0. The Hall–Kier alpha value is -1.15. The highest BCUT2D eigenvalue weighted by atomic mass is 16.1. The van der Waals surface area contributed by atoms with Gasteiger partial charge in [-0.3, -0.25) is 9.69 Å². The van der Waals surface area contributed by atoms with Gasteiger partial charge in [-0.1, -0.05) is 37.6 Å². The molecule has 1 aromatic carbocycles. The average molecular weight is 245 g/mol. The zero-order chi connectivity index (χ0) is 13.3. The fourth-order valence-corrected chi connectivity index (χ4v) is 2.42. The van der Waals surface area contributed by atoms with Gasteiger partial charge in [0.15, 0.2) is 5.78 Å². The number of benzene rings is 1. The predicted octanol–water partition coefficient (Wildman–Crippen LogP) is 3.10. The quantitative estimate of drug-likeness (QED) is 0.798. The van der Waals surface area contributed by atoms with Crippen molar-refractivity contribution in [1.29, 1.82) is 0 Å². The Bertz CT molecular complexity index is 462. The maximum absolute atomic E-state index is 12.0. The van der Waals surface area contributed by atoms with Gasteiger partial charge >= 0.3 is 0 Å². The highest BCUT2D eigenvalue weighted by Gasteiger charge is 2.33. The van der Waals surface area contributed by atoms with Crippen LogP contribution in [0.2, 0.25) is 0 Å². The van der Waals surface area contributed by atoms with Gasteiger partial charge in [0.05, 0.1) is 6.54 Å². The van der Waals surface area contributed by atoms with Crippen molar-refractivity contribution >= 4 is 5.78 Å².